The highest BCUT2D eigenvalue weighted by Crippen LogP contribution is 2.45. The fraction of sp³-hybridized carbons (Fsp3) is 0.154. The van der Waals surface area contributed by atoms with Crippen molar-refractivity contribution in [1.82, 2.24) is 0 Å². The Labute approximate surface area is 241 Å². The molecular formula is C26H15Cl5N2O5. The van der Waals surface area contributed by atoms with E-state index in [0.717, 1.165) is 10.5 Å². The largest absolute Gasteiger partial charge is 0.426 e. The number of nitrogens with zero attached hydrogens (tertiary/aromatic N) is 2. The summed E-state index contributed by atoms with van der Waals surface area (Å²) in [7, 11) is 0. The molecule has 1 fully saturated rings. The summed E-state index contributed by atoms with van der Waals surface area (Å²) in [6, 6.07) is 10.9. The number of amides is 3. The third-order valence-corrected chi connectivity index (χ3v) is 8.61. The first kappa shape index (κ1) is 26.8. The van der Waals surface area contributed by atoms with Gasteiger partial charge in [0.1, 0.15) is 5.75 Å². The van der Waals surface area contributed by atoms with E-state index in [1.54, 1.807) is 25.1 Å². The van der Waals surface area contributed by atoms with Gasteiger partial charge in [0.25, 0.3) is 11.8 Å². The topological polar surface area (TPSA) is 84.0 Å². The molecule has 3 aromatic rings. The SMILES string of the molecule is Cc1c(Cl)cccc1N1C[C@H](C(=O)Oc2ccc(N3C(=O)c4c(Cl)c(Cl)c(Cl)c(Cl)c4C3=O)cc2)CC1=O. The molecule has 3 aromatic carbocycles. The Bertz CT molecular complexity index is 1510. The molecule has 3 amide bonds. The van der Waals surface area contributed by atoms with Gasteiger partial charge in [-0.1, -0.05) is 64.1 Å². The molecule has 0 radical (unpaired) electrons. The van der Waals surface area contributed by atoms with E-state index in [0.29, 0.717) is 10.7 Å². The summed E-state index contributed by atoms with van der Waals surface area (Å²) in [5.74, 6) is -2.76. The van der Waals surface area contributed by atoms with Gasteiger partial charge in [-0.3, -0.25) is 19.2 Å². The van der Waals surface area contributed by atoms with E-state index in [1.165, 1.54) is 29.2 Å². The van der Waals surface area contributed by atoms with Gasteiger partial charge in [0.05, 0.1) is 42.8 Å². The second-order valence-electron chi connectivity index (χ2n) is 8.66. The summed E-state index contributed by atoms with van der Waals surface area (Å²) < 4.78 is 5.48. The van der Waals surface area contributed by atoms with Crippen LogP contribution in [0.15, 0.2) is 42.5 Å². The zero-order valence-electron chi connectivity index (χ0n) is 19.4. The molecule has 2 aliphatic heterocycles. The number of ether oxygens (including phenoxy) is 1. The molecular weight excluding hydrogens is 598 g/mol. The Balaban J connectivity index is 1.32. The third-order valence-electron chi connectivity index (χ3n) is 6.40. The van der Waals surface area contributed by atoms with Crippen molar-refractivity contribution in [3.63, 3.8) is 0 Å². The van der Waals surface area contributed by atoms with Gasteiger partial charge in [-0.15, -0.1) is 0 Å². The number of esters is 1. The molecule has 0 aliphatic carbocycles. The normalized spacial score (nSPS) is 16.9. The van der Waals surface area contributed by atoms with Crippen molar-refractivity contribution in [2.75, 3.05) is 16.3 Å². The van der Waals surface area contributed by atoms with Gasteiger partial charge in [-0.25, -0.2) is 4.90 Å². The van der Waals surface area contributed by atoms with Crippen LogP contribution in [0.3, 0.4) is 0 Å². The molecule has 0 aromatic heterocycles. The van der Waals surface area contributed by atoms with Crippen molar-refractivity contribution in [2.45, 2.75) is 13.3 Å². The molecule has 12 heteroatoms. The predicted molar refractivity (Wildman–Crippen MR) is 146 cm³/mol. The number of hydrogen-bond acceptors (Lipinski definition) is 5. The van der Waals surface area contributed by atoms with E-state index in [1.807, 2.05) is 0 Å². The van der Waals surface area contributed by atoms with E-state index in [9.17, 15) is 19.2 Å². The van der Waals surface area contributed by atoms with Crippen LogP contribution in [0.1, 0.15) is 32.7 Å². The van der Waals surface area contributed by atoms with E-state index in [4.69, 9.17) is 62.7 Å². The number of carbonyl (C=O) groups excluding carboxylic acids is 4. The van der Waals surface area contributed by atoms with Crippen LogP contribution in [0.5, 0.6) is 5.75 Å². The standard InChI is InChI=1S/C26H15Cl5N2O5/c1-11-15(27)3-2-4-16(11)32-10-12(9-17(32)34)26(37)38-14-7-5-13(6-8-14)33-24(35)18-19(25(33)36)21(29)23(31)22(30)20(18)28/h2-8,12H,9-10H2,1H3/t12-/m1/s1. The van der Waals surface area contributed by atoms with Gasteiger partial charge >= 0.3 is 5.97 Å². The maximum absolute atomic E-state index is 13.0. The maximum Gasteiger partial charge on any atom is 0.316 e. The molecule has 0 spiro atoms. The van der Waals surface area contributed by atoms with E-state index >= 15 is 0 Å². The molecule has 0 bridgehead atoms. The third kappa shape index (κ3) is 4.32. The summed E-state index contributed by atoms with van der Waals surface area (Å²) in [6.45, 7) is 1.95. The molecule has 0 N–H and O–H groups in total. The van der Waals surface area contributed by atoms with Crippen molar-refractivity contribution >= 4 is 93.1 Å². The highest BCUT2D eigenvalue weighted by atomic mass is 35.5. The highest BCUT2D eigenvalue weighted by molar-refractivity contribution is 6.56. The number of carbonyl (C=O) groups is 4. The van der Waals surface area contributed by atoms with Crippen LogP contribution in [0.25, 0.3) is 0 Å². The van der Waals surface area contributed by atoms with Crippen LogP contribution in [0, 0.1) is 12.8 Å². The van der Waals surface area contributed by atoms with E-state index in [-0.39, 0.29) is 61.5 Å². The zero-order chi connectivity index (χ0) is 27.5. The molecule has 7 nitrogen and oxygen atoms in total. The second-order valence-corrected chi connectivity index (χ2v) is 10.6. The molecule has 0 saturated carbocycles. The number of fused-ring (bicyclic) bond motifs is 1. The Morgan fingerprint density at radius 1 is 0.842 bits per heavy atom. The van der Waals surface area contributed by atoms with Crippen LogP contribution in [-0.2, 0) is 9.59 Å². The lowest BCUT2D eigenvalue weighted by atomic mass is 10.1. The van der Waals surface area contributed by atoms with E-state index < -0.39 is 23.7 Å². The van der Waals surface area contributed by atoms with Crippen LogP contribution in [-0.4, -0.2) is 30.2 Å². The molecule has 194 valence electrons. The molecule has 2 heterocycles. The summed E-state index contributed by atoms with van der Waals surface area (Å²) in [5.41, 5.74) is 1.29. The van der Waals surface area contributed by atoms with Gasteiger partial charge in [0.2, 0.25) is 5.91 Å². The average Bonchev–Trinajstić information content (AvgIpc) is 3.40. The lowest BCUT2D eigenvalue weighted by molar-refractivity contribution is -0.139. The maximum atomic E-state index is 13.0. The second kappa shape index (κ2) is 10.1. The Kier molecular flexibility index (Phi) is 7.09. The summed E-state index contributed by atoms with van der Waals surface area (Å²) in [4.78, 5) is 53.9. The molecule has 0 unspecified atom stereocenters. The van der Waals surface area contributed by atoms with E-state index in [2.05, 4.69) is 0 Å². The number of halogens is 5. The molecule has 1 saturated heterocycles. The Morgan fingerprint density at radius 2 is 1.42 bits per heavy atom. The first-order chi connectivity index (χ1) is 18.0. The zero-order valence-corrected chi connectivity index (χ0v) is 23.1. The summed E-state index contributed by atoms with van der Waals surface area (Å²) >= 11 is 30.7. The lowest BCUT2D eigenvalue weighted by Gasteiger charge is -2.19. The number of benzene rings is 3. The van der Waals surface area contributed by atoms with Gasteiger partial charge in [-0.05, 0) is 48.9 Å². The molecule has 2 aliphatic rings. The number of hydrogen-bond donors (Lipinski definition) is 0. The predicted octanol–water partition coefficient (Wildman–Crippen LogP) is 7.02. The summed E-state index contributed by atoms with van der Waals surface area (Å²) in [6.07, 6.45) is -0.00938. The quantitative estimate of drug-likeness (QED) is 0.104. The minimum absolute atomic E-state index is 0.00938. The lowest BCUT2D eigenvalue weighted by Crippen LogP contribution is -2.29. The van der Waals surface area contributed by atoms with Crippen LogP contribution >= 0.6 is 58.0 Å². The fourth-order valence-corrected chi connectivity index (χ4v) is 5.62. The molecule has 38 heavy (non-hydrogen) atoms. The first-order valence-electron chi connectivity index (χ1n) is 11.1. The first-order valence-corrected chi connectivity index (χ1v) is 13.0. The minimum Gasteiger partial charge on any atom is -0.426 e. The average molecular weight is 613 g/mol. The van der Waals surface area contributed by atoms with Crippen molar-refractivity contribution in [2.24, 2.45) is 5.92 Å². The summed E-state index contributed by atoms with van der Waals surface area (Å²) in [5, 5.41) is -0.0740. The Hall–Kier alpha value is -2.81. The Morgan fingerprint density at radius 3 is 2.00 bits per heavy atom. The monoisotopic (exact) mass is 610 g/mol. The van der Waals surface area contributed by atoms with Gasteiger partial charge in [-0.2, -0.15) is 0 Å². The fourth-order valence-electron chi connectivity index (χ4n) is 4.43. The van der Waals surface area contributed by atoms with Crippen LogP contribution < -0.4 is 14.5 Å². The van der Waals surface area contributed by atoms with Crippen LogP contribution in [0.4, 0.5) is 11.4 Å². The van der Waals surface area contributed by atoms with Crippen molar-refractivity contribution in [1.29, 1.82) is 0 Å². The number of rotatable bonds is 4. The van der Waals surface area contributed by atoms with Crippen molar-refractivity contribution in [3.05, 3.63) is 84.3 Å². The van der Waals surface area contributed by atoms with Gasteiger partial charge in [0, 0.05) is 23.7 Å². The smallest absolute Gasteiger partial charge is 0.316 e. The van der Waals surface area contributed by atoms with Crippen LogP contribution in [0.2, 0.25) is 25.1 Å². The number of imide groups is 1. The van der Waals surface area contributed by atoms with Gasteiger partial charge < -0.3 is 9.64 Å². The van der Waals surface area contributed by atoms with Crippen molar-refractivity contribution < 1.29 is 23.9 Å². The van der Waals surface area contributed by atoms with Gasteiger partial charge in [0.15, 0.2) is 0 Å². The highest BCUT2D eigenvalue weighted by Gasteiger charge is 2.42. The molecule has 5 rings (SSSR count). The minimum atomic E-state index is -0.721. The van der Waals surface area contributed by atoms with Crippen molar-refractivity contribution in [3.8, 4) is 5.75 Å². The molecule has 1 atom stereocenters. The number of anilines is 2.